The number of rotatable bonds is 4. The number of nitrogens with zero attached hydrogens (tertiary/aromatic N) is 2. The number of carboxylic acids is 1. The van der Waals surface area contributed by atoms with Crippen molar-refractivity contribution in [1.82, 2.24) is 9.80 Å². The molecule has 4 rings (SSSR count). The van der Waals surface area contributed by atoms with Crippen molar-refractivity contribution in [1.29, 1.82) is 0 Å². The maximum Gasteiger partial charge on any atom is 0.323 e. The lowest BCUT2D eigenvalue weighted by Gasteiger charge is -2.49. The topological polar surface area (TPSA) is 60.9 Å². The summed E-state index contributed by atoms with van der Waals surface area (Å²) in [4.78, 5) is 28.9. The number of piperidine rings is 1. The number of benzene rings is 1. The molecule has 1 saturated carbocycles. The summed E-state index contributed by atoms with van der Waals surface area (Å²) >= 11 is 0. The van der Waals surface area contributed by atoms with E-state index in [0.29, 0.717) is 12.6 Å². The van der Waals surface area contributed by atoms with Crippen LogP contribution in [0.3, 0.4) is 0 Å². The number of carbonyl (C=O) groups is 2. The maximum absolute atomic E-state index is 13.4. The molecule has 0 atom stereocenters. The number of fused-ring (bicyclic) bond motifs is 2. The summed E-state index contributed by atoms with van der Waals surface area (Å²) in [6, 6.07) is 8.79. The van der Waals surface area contributed by atoms with Crippen molar-refractivity contribution in [3.05, 3.63) is 35.4 Å². The van der Waals surface area contributed by atoms with Crippen molar-refractivity contribution in [2.24, 2.45) is 11.8 Å². The Balaban J connectivity index is 1.50. The van der Waals surface area contributed by atoms with Crippen LogP contribution in [0.2, 0.25) is 0 Å². The molecule has 0 radical (unpaired) electrons. The van der Waals surface area contributed by atoms with Gasteiger partial charge in [-0.15, -0.1) is 0 Å². The Bertz CT molecular complexity index is 759. The number of hydrogen-bond acceptors (Lipinski definition) is 3. The minimum absolute atomic E-state index is 0.0155. The van der Waals surface area contributed by atoms with Crippen molar-refractivity contribution in [3.8, 4) is 0 Å². The van der Waals surface area contributed by atoms with Gasteiger partial charge in [-0.25, -0.2) is 0 Å². The Morgan fingerprint density at radius 3 is 2.41 bits per heavy atom. The molecule has 5 nitrogen and oxygen atoms in total. The van der Waals surface area contributed by atoms with Crippen LogP contribution in [-0.2, 0) is 21.5 Å². The Kier molecular flexibility index (Phi) is 5.69. The van der Waals surface area contributed by atoms with Gasteiger partial charge in [0.05, 0.1) is 5.41 Å². The van der Waals surface area contributed by atoms with Crippen LogP contribution in [0.15, 0.2) is 24.3 Å². The molecule has 1 aromatic rings. The van der Waals surface area contributed by atoms with Gasteiger partial charge in [-0.1, -0.05) is 38.1 Å². The van der Waals surface area contributed by atoms with E-state index in [1.165, 1.54) is 25.7 Å². The fourth-order valence-corrected chi connectivity index (χ4v) is 6.00. The third kappa shape index (κ3) is 3.81. The van der Waals surface area contributed by atoms with Gasteiger partial charge in [0.15, 0.2) is 0 Å². The Hall–Kier alpha value is -1.88. The van der Waals surface area contributed by atoms with Crippen molar-refractivity contribution < 1.29 is 14.7 Å². The molecule has 1 N–H and O–H groups in total. The minimum Gasteiger partial charge on any atom is -0.480 e. The molecule has 1 aromatic carbocycles. The molecule has 1 saturated heterocycles. The van der Waals surface area contributed by atoms with Crippen LogP contribution >= 0.6 is 0 Å². The van der Waals surface area contributed by atoms with Crippen LogP contribution in [0.25, 0.3) is 0 Å². The largest absolute Gasteiger partial charge is 0.480 e. The Morgan fingerprint density at radius 2 is 1.79 bits per heavy atom. The smallest absolute Gasteiger partial charge is 0.323 e. The summed E-state index contributed by atoms with van der Waals surface area (Å²) < 4.78 is 0. The van der Waals surface area contributed by atoms with Gasteiger partial charge in [0, 0.05) is 12.6 Å². The first-order chi connectivity index (χ1) is 13.9. The molecule has 1 spiro atoms. The van der Waals surface area contributed by atoms with Crippen molar-refractivity contribution in [2.45, 2.75) is 70.4 Å². The van der Waals surface area contributed by atoms with Gasteiger partial charge in [-0.05, 0) is 74.6 Å². The quantitative estimate of drug-likeness (QED) is 0.841. The second-order valence-electron chi connectivity index (χ2n) is 9.64. The fraction of sp³-hybridized carbons (Fsp3) is 0.667. The monoisotopic (exact) mass is 398 g/mol. The minimum atomic E-state index is -0.938. The van der Waals surface area contributed by atoms with E-state index in [2.05, 4.69) is 30.9 Å². The van der Waals surface area contributed by atoms with Crippen LogP contribution in [0.1, 0.15) is 63.5 Å². The molecule has 3 aliphatic rings. The summed E-state index contributed by atoms with van der Waals surface area (Å²) in [7, 11) is 0. The lowest BCUT2D eigenvalue weighted by molar-refractivity contribution is -0.150. The highest BCUT2D eigenvalue weighted by atomic mass is 16.4. The first-order valence-corrected chi connectivity index (χ1v) is 11.2. The number of amides is 1. The summed E-state index contributed by atoms with van der Waals surface area (Å²) in [5.74, 6) is 0.713. The number of aliphatic carboxylic acids is 1. The molecule has 1 aliphatic carbocycles. The Morgan fingerprint density at radius 1 is 1.14 bits per heavy atom. The van der Waals surface area contributed by atoms with Crippen LogP contribution in [0.4, 0.5) is 0 Å². The molecular weight excluding hydrogens is 364 g/mol. The normalized spacial score (nSPS) is 27.3. The third-order valence-corrected chi connectivity index (χ3v) is 7.77. The van der Waals surface area contributed by atoms with Crippen molar-refractivity contribution >= 4 is 11.9 Å². The highest BCUT2D eigenvalue weighted by molar-refractivity contribution is 5.92. The average molecular weight is 399 g/mol. The molecule has 158 valence electrons. The lowest BCUT2D eigenvalue weighted by atomic mass is 9.67. The molecule has 29 heavy (non-hydrogen) atoms. The second-order valence-corrected chi connectivity index (χ2v) is 9.64. The van der Waals surface area contributed by atoms with Crippen LogP contribution in [0, 0.1) is 11.8 Å². The molecule has 5 heteroatoms. The number of carboxylic acid groups (broad SMARTS) is 1. The fourth-order valence-electron chi connectivity index (χ4n) is 6.00. The molecule has 0 aromatic heterocycles. The zero-order valence-electron chi connectivity index (χ0n) is 17.8. The van der Waals surface area contributed by atoms with Crippen LogP contribution in [-0.4, -0.2) is 52.5 Å². The van der Waals surface area contributed by atoms with E-state index in [1.54, 1.807) is 4.90 Å². The lowest BCUT2D eigenvalue weighted by Crippen LogP contribution is -2.58. The molecule has 2 fully saturated rings. The van der Waals surface area contributed by atoms with E-state index >= 15 is 0 Å². The number of carbonyl (C=O) groups excluding carboxylic acids is 1. The summed E-state index contributed by atoms with van der Waals surface area (Å²) in [5.41, 5.74) is 1.70. The third-order valence-electron chi connectivity index (χ3n) is 7.77. The highest BCUT2D eigenvalue weighted by Gasteiger charge is 2.49. The van der Waals surface area contributed by atoms with Gasteiger partial charge >= 0.3 is 5.97 Å². The predicted molar refractivity (Wildman–Crippen MR) is 113 cm³/mol. The zero-order chi connectivity index (χ0) is 20.6. The van der Waals surface area contributed by atoms with E-state index in [9.17, 15) is 14.7 Å². The predicted octanol–water partition coefficient (Wildman–Crippen LogP) is 3.66. The van der Waals surface area contributed by atoms with E-state index in [0.717, 1.165) is 48.9 Å². The zero-order valence-corrected chi connectivity index (χ0v) is 17.8. The Labute approximate surface area is 174 Å². The van der Waals surface area contributed by atoms with Gasteiger partial charge in [0.1, 0.15) is 6.54 Å². The number of hydrogen-bond donors (Lipinski definition) is 1. The molecule has 2 aliphatic heterocycles. The van der Waals surface area contributed by atoms with E-state index < -0.39 is 11.4 Å². The highest BCUT2D eigenvalue weighted by Crippen LogP contribution is 2.44. The molecule has 0 bridgehead atoms. The van der Waals surface area contributed by atoms with E-state index in [-0.39, 0.29) is 12.5 Å². The number of likely N-dealkylation sites (tertiary alicyclic amines) is 1. The second kappa shape index (κ2) is 8.10. The molecule has 2 heterocycles. The van der Waals surface area contributed by atoms with Gasteiger partial charge in [-0.3, -0.25) is 9.59 Å². The average Bonchev–Trinajstić information content (AvgIpc) is 2.72. The maximum atomic E-state index is 13.4. The summed E-state index contributed by atoms with van der Waals surface area (Å²) in [6.07, 6.45) is 6.76. The van der Waals surface area contributed by atoms with Crippen molar-refractivity contribution in [2.75, 3.05) is 19.6 Å². The molecular formula is C24H34N2O3. The van der Waals surface area contributed by atoms with Crippen LogP contribution in [0.5, 0.6) is 0 Å². The first kappa shape index (κ1) is 20.4. The summed E-state index contributed by atoms with van der Waals surface area (Å²) in [6.45, 7) is 6.73. The SMILES string of the molecule is CC(C)[C@H]1CC[C@@H](N2CCC3(CC2)C(=O)N(CC(=O)O)Cc2ccccc23)CC1. The van der Waals surface area contributed by atoms with E-state index in [1.807, 2.05) is 12.1 Å². The molecule has 0 unspecified atom stereocenters. The van der Waals surface area contributed by atoms with Gasteiger partial charge in [-0.2, -0.15) is 0 Å². The summed E-state index contributed by atoms with van der Waals surface area (Å²) in [5, 5.41) is 9.29. The van der Waals surface area contributed by atoms with Crippen molar-refractivity contribution in [3.63, 3.8) is 0 Å². The molecule has 1 amide bonds. The van der Waals surface area contributed by atoms with Gasteiger partial charge in [0.25, 0.3) is 0 Å². The van der Waals surface area contributed by atoms with E-state index in [4.69, 9.17) is 0 Å². The van der Waals surface area contributed by atoms with Gasteiger partial charge < -0.3 is 14.9 Å². The van der Waals surface area contributed by atoms with Crippen LogP contribution < -0.4 is 0 Å². The standard InChI is InChI=1S/C24H34N2O3/c1-17(2)18-7-9-20(10-8-18)25-13-11-24(12-14-25)21-6-4-3-5-19(21)15-26(23(24)29)16-22(27)28/h3-6,17-18,20H,7-16H2,1-2H3,(H,27,28)/t18-,20+. The van der Waals surface area contributed by atoms with Gasteiger partial charge in [0.2, 0.25) is 5.91 Å². The first-order valence-electron chi connectivity index (χ1n) is 11.2.